The van der Waals surface area contributed by atoms with E-state index >= 15 is 0 Å². The lowest BCUT2D eigenvalue weighted by atomic mass is 10.0. The number of aromatic amines is 1. The van der Waals surface area contributed by atoms with Crippen molar-refractivity contribution < 1.29 is 23.9 Å². The first-order valence-electron chi connectivity index (χ1n) is 8.97. The summed E-state index contributed by atoms with van der Waals surface area (Å²) >= 11 is 0. The molecule has 0 radical (unpaired) electrons. The van der Waals surface area contributed by atoms with E-state index in [9.17, 15) is 14.4 Å². The van der Waals surface area contributed by atoms with Crippen molar-refractivity contribution in [1.29, 1.82) is 0 Å². The van der Waals surface area contributed by atoms with E-state index in [4.69, 9.17) is 9.47 Å². The van der Waals surface area contributed by atoms with Crippen molar-refractivity contribution in [1.82, 2.24) is 9.88 Å². The Hall–Kier alpha value is -2.15. The number of ketones is 1. The zero-order valence-corrected chi connectivity index (χ0v) is 16.2. The predicted molar refractivity (Wildman–Crippen MR) is 96.3 cm³/mol. The molecule has 2 rings (SSSR count). The smallest absolute Gasteiger partial charge is 0.354 e. The standard InChI is InChI=1S/C19H28N2O5/c1-11(2)18(23)21(9-14-7-6-8-26-14)10-15(22)16-12(3)17(19(24)25-5)20-13(16)4/h11,14,20H,6-10H2,1-5H3/t14-/m1/s1. The molecule has 1 N–H and O–H groups in total. The zero-order valence-electron chi connectivity index (χ0n) is 16.2. The van der Waals surface area contributed by atoms with Crippen molar-refractivity contribution in [3.63, 3.8) is 0 Å². The van der Waals surface area contributed by atoms with E-state index in [-0.39, 0.29) is 36.0 Å². The first-order chi connectivity index (χ1) is 12.3. The summed E-state index contributed by atoms with van der Waals surface area (Å²) in [5.74, 6) is -0.992. The van der Waals surface area contributed by atoms with Gasteiger partial charge in [-0.25, -0.2) is 4.79 Å². The number of rotatable bonds is 7. The van der Waals surface area contributed by atoms with Crippen LogP contribution in [0.5, 0.6) is 0 Å². The molecule has 7 nitrogen and oxygen atoms in total. The molecule has 1 aromatic heterocycles. The number of aromatic nitrogens is 1. The molecule has 1 saturated heterocycles. The lowest BCUT2D eigenvalue weighted by Gasteiger charge is -2.26. The Bertz CT molecular complexity index is 686. The highest BCUT2D eigenvalue weighted by molar-refractivity contribution is 6.04. The van der Waals surface area contributed by atoms with Crippen LogP contribution in [0.1, 0.15) is 58.8 Å². The Kier molecular flexibility index (Phi) is 6.58. The lowest BCUT2D eigenvalue weighted by Crippen LogP contribution is -2.42. The van der Waals surface area contributed by atoms with Crippen molar-refractivity contribution in [2.24, 2.45) is 5.92 Å². The first kappa shape index (κ1) is 20.2. The summed E-state index contributed by atoms with van der Waals surface area (Å²) in [4.78, 5) is 41.8. The number of hydrogen-bond donors (Lipinski definition) is 1. The molecule has 1 aromatic rings. The monoisotopic (exact) mass is 364 g/mol. The molecule has 0 aliphatic carbocycles. The Morgan fingerprint density at radius 2 is 2.00 bits per heavy atom. The number of methoxy groups -OCH3 is 1. The number of H-pyrrole nitrogens is 1. The average Bonchev–Trinajstić information content (AvgIpc) is 3.20. The fraction of sp³-hybridized carbons (Fsp3) is 0.632. The van der Waals surface area contributed by atoms with Gasteiger partial charge in [0.25, 0.3) is 0 Å². The van der Waals surface area contributed by atoms with Gasteiger partial charge in [0.15, 0.2) is 5.78 Å². The summed E-state index contributed by atoms with van der Waals surface area (Å²) in [5, 5.41) is 0. The van der Waals surface area contributed by atoms with Crippen LogP contribution in [0.4, 0.5) is 0 Å². The molecule has 0 spiro atoms. The maximum absolute atomic E-state index is 12.9. The summed E-state index contributed by atoms with van der Waals surface area (Å²) in [6.45, 7) is 8.15. The van der Waals surface area contributed by atoms with Crippen LogP contribution in [-0.2, 0) is 14.3 Å². The molecule has 0 aromatic carbocycles. The molecule has 1 amide bonds. The van der Waals surface area contributed by atoms with Crippen molar-refractivity contribution in [3.05, 3.63) is 22.5 Å². The summed E-state index contributed by atoms with van der Waals surface area (Å²) in [6, 6.07) is 0. The van der Waals surface area contributed by atoms with Gasteiger partial charge in [0.1, 0.15) is 5.69 Å². The van der Waals surface area contributed by atoms with Gasteiger partial charge in [0, 0.05) is 30.3 Å². The molecule has 2 heterocycles. The van der Waals surface area contributed by atoms with E-state index in [0.717, 1.165) is 12.8 Å². The van der Waals surface area contributed by atoms with Crippen molar-refractivity contribution in [2.75, 3.05) is 26.8 Å². The van der Waals surface area contributed by atoms with Crippen LogP contribution in [-0.4, -0.2) is 60.5 Å². The second-order valence-corrected chi connectivity index (χ2v) is 7.05. The molecule has 7 heteroatoms. The molecule has 0 unspecified atom stereocenters. The summed E-state index contributed by atoms with van der Waals surface area (Å²) in [6.07, 6.45) is 1.84. The van der Waals surface area contributed by atoms with E-state index < -0.39 is 5.97 Å². The van der Waals surface area contributed by atoms with E-state index in [1.807, 2.05) is 13.8 Å². The number of nitrogens with one attached hydrogen (secondary N) is 1. The van der Waals surface area contributed by atoms with Gasteiger partial charge in [0.2, 0.25) is 5.91 Å². The maximum Gasteiger partial charge on any atom is 0.354 e. The van der Waals surface area contributed by atoms with Gasteiger partial charge >= 0.3 is 5.97 Å². The fourth-order valence-corrected chi connectivity index (χ4v) is 3.36. The fourth-order valence-electron chi connectivity index (χ4n) is 3.36. The first-order valence-corrected chi connectivity index (χ1v) is 8.97. The topological polar surface area (TPSA) is 88.7 Å². The lowest BCUT2D eigenvalue weighted by molar-refractivity contribution is -0.135. The molecule has 1 aliphatic heterocycles. The van der Waals surface area contributed by atoms with E-state index in [0.29, 0.717) is 30.0 Å². The average molecular weight is 364 g/mol. The van der Waals surface area contributed by atoms with Gasteiger partial charge in [0.05, 0.1) is 19.8 Å². The second-order valence-electron chi connectivity index (χ2n) is 7.05. The van der Waals surface area contributed by atoms with Gasteiger partial charge in [-0.3, -0.25) is 9.59 Å². The highest BCUT2D eigenvalue weighted by Crippen LogP contribution is 2.21. The van der Waals surface area contributed by atoms with Gasteiger partial charge in [-0.05, 0) is 32.3 Å². The molecule has 1 fully saturated rings. The third kappa shape index (κ3) is 4.33. The van der Waals surface area contributed by atoms with Crippen molar-refractivity contribution in [3.8, 4) is 0 Å². The van der Waals surface area contributed by atoms with Crippen LogP contribution in [0, 0.1) is 19.8 Å². The Balaban J connectivity index is 2.22. The normalized spacial score (nSPS) is 16.8. The number of esters is 1. The third-order valence-corrected chi connectivity index (χ3v) is 4.69. The number of nitrogens with zero attached hydrogens (tertiary/aromatic N) is 1. The molecule has 26 heavy (non-hydrogen) atoms. The van der Waals surface area contributed by atoms with Crippen LogP contribution in [0.3, 0.4) is 0 Å². The third-order valence-electron chi connectivity index (χ3n) is 4.69. The van der Waals surface area contributed by atoms with Crippen LogP contribution in [0.25, 0.3) is 0 Å². The molecule has 0 saturated carbocycles. The molecule has 1 aliphatic rings. The minimum atomic E-state index is -0.515. The van der Waals surface area contributed by atoms with E-state index in [1.54, 1.807) is 18.7 Å². The molecule has 144 valence electrons. The highest BCUT2D eigenvalue weighted by Gasteiger charge is 2.28. The molecular weight excluding hydrogens is 336 g/mol. The van der Waals surface area contributed by atoms with Crippen molar-refractivity contribution in [2.45, 2.75) is 46.6 Å². The van der Waals surface area contributed by atoms with E-state index in [2.05, 4.69) is 4.98 Å². The predicted octanol–water partition coefficient (Wildman–Crippen LogP) is 2.26. The minimum absolute atomic E-state index is 0.0236. The van der Waals surface area contributed by atoms with Gasteiger partial charge in [-0.2, -0.15) is 0 Å². The van der Waals surface area contributed by atoms with E-state index in [1.165, 1.54) is 7.11 Å². The summed E-state index contributed by atoms with van der Waals surface area (Å²) < 4.78 is 10.4. The molecule has 0 bridgehead atoms. The largest absolute Gasteiger partial charge is 0.464 e. The Morgan fingerprint density at radius 3 is 2.54 bits per heavy atom. The number of carbonyl (C=O) groups excluding carboxylic acids is 3. The highest BCUT2D eigenvalue weighted by atomic mass is 16.5. The Labute approximate surface area is 154 Å². The Morgan fingerprint density at radius 1 is 1.31 bits per heavy atom. The van der Waals surface area contributed by atoms with Crippen LogP contribution in [0.2, 0.25) is 0 Å². The number of aryl methyl sites for hydroxylation is 1. The SMILES string of the molecule is COC(=O)c1[nH]c(C)c(C(=O)CN(C[C@H]2CCCO2)C(=O)C(C)C)c1C. The summed E-state index contributed by atoms with van der Waals surface area (Å²) in [7, 11) is 1.30. The number of Topliss-reactive ketones (excluding diaryl/α,β-unsaturated/α-hetero) is 1. The number of ether oxygens (including phenoxy) is 2. The molecular formula is C19H28N2O5. The number of amides is 1. The maximum atomic E-state index is 12.9. The zero-order chi connectivity index (χ0) is 19.4. The molecule has 1 atom stereocenters. The van der Waals surface area contributed by atoms with Gasteiger partial charge < -0.3 is 19.4 Å². The summed E-state index contributed by atoms with van der Waals surface area (Å²) in [5.41, 5.74) is 1.86. The van der Waals surface area contributed by atoms with Crippen LogP contribution in [0.15, 0.2) is 0 Å². The number of hydrogen-bond acceptors (Lipinski definition) is 5. The number of carbonyl (C=O) groups is 3. The minimum Gasteiger partial charge on any atom is -0.464 e. The van der Waals surface area contributed by atoms with Crippen LogP contribution >= 0.6 is 0 Å². The van der Waals surface area contributed by atoms with Crippen molar-refractivity contribution >= 4 is 17.7 Å². The quantitative estimate of drug-likeness (QED) is 0.592. The second kappa shape index (κ2) is 8.49. The van der Waals surface area contributed by atoms with Gasteiger partial charge in [-0.15, -0.1) is 0 Å². The van der Waals surface area contributed by atoms with Gasteiger partial charge in [-0.1, -0.05) is 13.8 Å². The van der Waals surface area contributed by atoms with Crippen LogP contribution < -0.4 is 0 Å².